The number of piperidine rings is 1. The van der Waals surface area contributed by atoms with Crippen LogP contribution in [-0.2, 0) is 13.1 Å². The first-order valence-corrected chi connectivity index (χ1v) is 7.73. The zero-order valence-electron chi connectivity index (χ0n) is 12.5. The molecule has 0 amide bonds. The van der Waals surface area contributed by atoms with E-state index in [0.717, 1.165) is 45.1 Å². The smallest absolute Gasteiger partial charge is 0.147 e. The highest BCUT2D eigenvalue weighted by molar-refractivity contribution is 5.05. The zero-order valence-corrected chi connectivity index (χ0v) is 12.5. The highest BCUT2D eigenvalue weighted by Gasteiger charge is 2.25. The summed E-state index contributed by atoms with van der Waals surface area (Å²) in [5.74, 6) is 3.01. The van der Waals surface area contributed by atoms with Crippen molar-refractivity contribution in [2.45, 2.75) is 52.6 Å². The van der Waals surface area contributed by atoms with E-state index in [0.29, 0.717) is 5.92 Å². The predicted octanol–water partition coefficient (Wildman–Crippen LogP) is 1.61. The monoisotopic (exact) mass is 265 g/mol. The van der Waals surface area contributed by atoms with E-state index in [1.165, 1.54) is 18.7 Å². The van der Waals surface area contributed by atoms with Gasteiger partial charge in [0.2, 0.25) is 0 Å². The molecule has 3 rings (SSSR count). The average molecular weight is 265 g/mol. The van der Waals surface area contributed by atoms with Crippen LogP contribution in [0.2, 0.25) is 0 Å². The number of hydrogen-bond acceptors (Lipinski definition) is 4. The van der Waals surface area contributed by atoms with E-state index in [9.17, 15) is 0 Å². The van der Waals surface area contributed by atoms with Gasteiger partial charge in [-0.1, -0.05) is 20.8 Å². The molecule has 3 heterocycles. The molecule has 1 aromatic rings. The van der Waals surface area contributed by atoms with Crippen molar-refractivity contribution in [3.8, 4) is 0 Å². The summed E-state index contributed by atoms with van der Waals surface area (Å²) in [5, 5.41) is 12.2. The molecule has 1 aromatic heterocycles. The van der Waals surface area contributed by atoms with Crippen molar-refractivity contribution in [3.63, 3.8) is 0 Å². The first-order valence-electron chi connectivity index (χ1n) is 7.73. The lowest BCUT2D eigenvalue weighted by Gasteiger charge is -2.28. The van der Waals surface area contributed by atoms with Gasteiger partial charge in [0.05, 0.1) is 6.54 Å². The van der Waals surface area contributed by atoms with Crippen LogP contribution in [0.4, 0.5) is 0 Å². The molecule has 19 heavy (non-hydrogen) atoms. The number of likely N-dealkylation sites (N-methyl/N-ethyl adjacent to an activating group) is 1. The van der Waals surface area contributed by atoms with Crippen LogP contribution in [0.15, 0.2) is 0 Å². The molecule has 5 nitrogen and oxygen atoms in total. The van der Waals surface area contributed by atoms with Gasteiger partial charge in [-0.25, -0.2) is 0 Å². The average Bonchev–Trinajstić information content (AvgIpc) is 2.93. The molecular weight excluding hydrogens is 238 g/mol. The number of aromatic nitrogens is 3. The summed E-state index contributed by atoms with van der Waals surface area (Å²) in [4.78, 5) is 2.43. The summed E-state index contributed by atoms with van der Waals surface area (Å²) in [6.45, 7) is 12.7. The Bertz CT molecular complexity index is 381. The lowest BCUT2D eigenvalue weighted by atomic mass is 9.97. The Morgan fingerprint density at radius 3 is 2.58 bits per heavy atom. The third-order valence-corrected chi connectivity index (χ3v) is 4.01. The van der Waals surface area contributed by atoms with Crippen molar-refractivity contribution in [1.82, 2.24) is 25.0 Å². The fourth-order valence-corrected chi connectivity index (χ4v) is 2.88. The van der Waals surface area contributed by atoms with E-state index in [-0.39, 0.29) is 0 Å². The molecule has 0 aromatic carbocycles. The molecule has 5 heteroatoms. The van der Waals surface area contributed by atoms with Gasteiger partial charge in [0, 0.05) is 19.0 Å². The Kier molecular flexibility index (Phi) is 5.34. The number of hydrogen-bond donors (Lipinski definition) is 1. The molecule has 0 saturated carbocycles. The van der Waals surface area contributed by atoms with Gasteiger partial charge in [0.1, 0.15) is 11.6 Å². The Hall–Kier alpha value is -0.940. The van der Waals surface area contributed by atoms with Gasteiger partial charge < -0.3 is 9.88 Å². The fourth-order valence-electron chi connectivity index (χ4n) is 2.88. The van der Waals surface area contributed by atoms with E-state index in [1.807, 2.05) is 13.8 Å². The van der Waals surface area contributed by atoms with E-state index >= 15 is 0 Å². The van der Waals surface area contributed by atoms with Crippen LogP contribution in [0, 0.1) is 0 Å². The van der Waals surface area contributed by atoms with Crippen LogP contribution in [0.1, 0.15) is 51.2 Å². The number of nitrogens with zero attached hydrogens (tertiary/aromatic N) is 4. The zero-order chi connectivity index (χ0) is 13.7. The second-order valence-electron chi connectivity index (χ2n) is 5.02. The molecule has 0 aliphatic carbocycles. The summed E-state index contributed by atoms with van der Waals surface area (Å²) in [7, 11) is 0. The van der Waals surface area contributed by atoms with Crippen LogP contribution in [-0.4, -0.2) is 45.8 Å². The normalized spacial score (nSPS) is 20.6. The topological polar surface area (TPSA) is 46.0 Å². The van der Waals surface area contributed by atoms with Crippen molar-refractivity contribution in [2.75, 3.05) is 26.2 Å². The summed E-state index contributed by atoms with van der Waals surface area (Å²) in [6.07, 6.45) is 2.41. The summed E-state index contributed by atoms with van der Waals surface area (Å²) in [6, 6.07) is 0. The largest absolute Gasteiger partial charge is 0.317 e. The first-order chi connectivity index (χ1) is 9.38. The second-order valence-corrected chi connectivity index (χ2v) is 5.02. The Balaban J connectivity index is 0.000000637. The molecular formula is C14H27N5. The van der Waals surface area contributed by atoms with E-state index in [4.69, 9.17) is 0 Å². The summed E-state index contributed by atoms with van der Waals surface area (Å²) in [5.41, 5.74) is 0. The van der Waals surface area contributed by atoms with E-state index in [1.54, 1.807) is 0 Å². The third-order valence-electron chi connectivity index (χ3n) is 4.01. The second kappa shape index (κ2) is 7.01. The van der Waals surface area contributed by atoms with Crippen LogP contribution >= 0.6 is 0 Å². The minimum absolute atomic E-state index is 0.616. The van der Waals surface area contributed by atoms with Crippen molar-refractivity contribution in [2.24, 2.45) is 0 Å². The van der Waals surface area contributed by atoms with Gasteiger partial charge in [0.15, 0.2) is 0 Å². The molecule has 2 aliphatic heterocycles. The summed E-state index contributed by atoms with van der Waals surface area (Å²) >= 11 is 0. The number of rotatable bonds is 2. The van der Waals surface area contributed by atoms with Gasteiger partial charge in [-0.2, -0.15) is 0 Å². The van der Waals surface area contributed by atoms with Crippen LogP contribution in [0.3, 0.4) is 0 Å². The highest BCUT2D eigenvalue weighted by Crippen LogP contribution is 2.25. The standard InChI is InChI=1S/C12H21N5.C2H6/c1-2-16-7-8-17-11(9-16)14-15-12(17)10-3-5-13-6-4-10;1-2/h10,13H,2-9H2,1H3;1-2H3. The molecule has 108 valence electrons. The van der Waals surface area contributed by atoms with Gasteiger partial charge >= 0.3 is 0 Å². The van der Waals surface area contributed by atoms with Gasteiger partial charge in [-0.15, -0.1) is 10.2 Å². The van der Waals surface area contributed by atoms with Crippen LogP contribution in [0.5, 0.6) is 0 Å². The van der Waals surface area contributed by atoms with Gasteiger partial charge in [0.25, 0.3) is 0 Å². The SMILES string of the molecule is CC.CCN1CCn2c(nnc2C2CCNCC2)C1. The van der Waals surface area contributed by atoms with Crippen molar-refractivity contribution in [1.29, 1.82) is 0 Å². The third kappa shape index (κ3) is 3.15. The minimum atomic E-state index is 0.616. The molecule has 0 spiro atoms. The quantitative estimate of drug-likeness (QED) is 0.882. The summed E-state index contributed by atoms with van der Waals surface area (Å²) < 4.78 is 2.36. The molecule has 2 aliphatic rings. The molecule has 1 saturated heterocycles. The highest BCUT2D eigenvalue weighted by atomic mass is 15.3. The van der Waals surface area contributed by atoms with Gasteiger partial charge in [-0.05, 0) is 32.5 Å². The van der Waals surface area contributed by atoms with Gasteiger partial charge in [-0.3, -0.25) is 4.90 Å². The maximum absolute atomic E-state index is 4.45. The molecule has 0 radical (unpaired) electrons. The maximum Gasteiger partial charge on any atom is 0.147 e. The number of nitrogens with one attached hydrogen (secondary N) is 1. The van der Waals surface area contributed by atoms with Crippen molar-refractivity contribution < 1.29 is 0 Å². The first kappa shape index (κ1) is 14.5. The maximum atomic E-state index is 4.45. The van der Waals surface area contributed by atoms with E-state index < -0.39 is 0 Å². The Labute approximate surface area is 116 Å². The van der Waals surface area contributed by atoms with Crippen molar-refractivity contribution in [3.05, 3.63) is 11.6 Å². The lowest BCUT2D eigenvalue weighted by Crippen LogP contribution is -2.35. The molecule has 0 atom stereocenters. The molecule has 0 unspecified atom stereocenters. The minimum Gasteiger partial charge on any atom is -0.317 e. The lowest BCUT2D eigenvalue weighted by molar-refractivity contribution is 0.224. The van der Waals surface area contributed by atoms with Crippen LogP contribution < -0.4 is 5.32 Å². The molecule has 1 fully saturated rings. The molecule has 1 N–H and O–H groups in total. The van der Waals surface area contributed by atoms with E-state index in [2.05, 4.69) is 31.9 Å². The fraction of sp³-hybridized carbons (Fsp3) is 0.857. The molecule has 0 bridgehead atoms. The van der Waals surface area contributed by atoms with Crippen LogP contribution in [0.25, 0.3) is 0 Å². The Morgan fingerprint density at radius 2 is 1.89 bits per heavy atom. The Morgan fingerprint density at radius 1 is 1.16 bits per heavy atom. The van der Waals surface area contributed by atoms with Crippen molar-refractivity contribution >= 4 is 0 Å². The predicted molar refractivity (Wildman–Crippen MR) is 77.2 cm³/mol. The number of fused-ring (bicyclic) bond motifs is 1.